The van der Waals surface area contributed by atoms with Crippen molar-refractivity contribution in [2.24, 2.45) is 0 Å². The molecule has 3 rings (SSSR count). The Morgan fingerprint density at radius 3 is 2.52 bits per heavy atom. The predicted octanol–water partition coefficient (Wildman–Crippen LogP) is 2.24. The zero-order valence-electron chi connectivity index (χ0n) is 16.6. The van der Waals surface area contributed by atoms with Crippen molar-refractivity contribution in [2.45, 2.75) is 0 Å². The maximum atomic E-state index is 11.4. The molecule has 0 aliphatic rings. The van der Waals surface area contributed by atoms with E-state index < -0.39 is 0 Å². The molecule has 2 heterocycles. The summed E-state index contributed by atoms with van der Waals surface area (Å²) in [6, 6.07) is 12.2. The van der Waals surface area contributed by atoms with Crippen LogP contribution >= 0.6 is 25.3 Å². The molecule has 0 unspecified atom stereocenters. The van der Waals surface area contributed by atoms with E-state index in [4.69, 9.17) is 5.10 Å². The zero-order chi connectivity index (χ0) is 20.8. The van der Waals surface area contributed by atoms with Gasteiger partial charge < -0.3 is 15.1 Å². The monoisotopic (exact) mass is 430 g/mol. The number of nitrogens with one attached hydrogen (secondary N) is 1. The fourth-order valence-electron chi connectivity index (χ4n) is 2.96. The molecule has 0 fully saturated rings. The number of nitrogens with zero attached hydrogens (tertiary/aromatic N) is 5. The molecule has 1 amide bonds. The molecule has 1 aromatic carbocycles. The maximum absolute atomic E-state index is 11.4. The van der Waals surface area contributed by atoms with Gasteiger partial charge in [0, 0.05) is 50.7 Å². The van der Waals surface area contributed by atoms with E-state index in [2.05, 4.69) is 69.6 Å². The van der Waals surface area contributed by atoms with Crippen molar-refractivity contribution in [2.75, 3.05) is 55.0 Å². The van der Waals surface area contributed by atoms with Gasteiger partial charge in [-0.25, -0.2) is 9.50 Å². The summed E-state index contributed by atoms with van der Waals surface area (Å²) in [5.41, 5.74) is 3.85. The molecule has 2 aromatic heterocycles. The Bertz CT molecular complexity index is 957. The van der Waals surface area contributed by atoms with Crippen LogP contribution in [0.3, 0.4) is 0 Å². The largest absolute Gasteiger partial charge is 0.378 e. The lowest BCUT2D eigenvalue weighted by atomic mass is 10.1. The van der Waals surface area contributed by atoms with Crippen LogP contribution in [0.15, 0.2) is 42.6 Å². The number of rotatable bonds is 9. The van der Waals surface area contributed by atoms with Crippen LogP contribution in [-0.2, 0) is 4.79 Å². The number of benzene rings is 1. The number of hydrogen-bond donors (Lipinski definition) is 3. The van der Waals surface area contributed by atoms with E-state index in [0.29, 0.717) is 18.8 Å². The summed E-state index contributed by atoms with van der Waals surface area (Å²) in [4.78, 5) is 20.3. The van der Waals surface area contributed by atoms with Gasteiger partial charge in [-0.1, -0.05) is 12.1 Å². The first-order chi connectivity index (χ1) is 14.0. The van der Waals surface area contributed by atoms with Gasteiger partial charge in [-0.3, -0.25) is 4.79 Å². The lowest BCUT2D eigenvalue weighted by molar-refractivity contribution is -0.118. The second-order valence-electron chi connectivity index (χ2n) is 6.78. The highest BCUT2D eigenvalue weighted by Crippen LogP contribution is 2.23. The molecule has 0 saturated heterocycles. The van der Waals surface area contributed by atoms with Gasteiger partial charge in [0.15, 0.2) is 5.65 Å². The Morgan fingerprint density at radius 2 is 1.86 bits per heavy atom. The van der Waals surface area contributed by atoms with Crippen molar-refractivity contribution < 1.29 is 4.79 Å². The molecule has 154 valence electrons. The topological polar surface area (TPSA) is 65.8 Å². The quantitative estimate of drug-likeness (QED) is 0.455. The van der Waals surface area contributed by atoms with Crippen LogP contribution in [0, 0.1) is 0 Å². The van der Waals surface area contributed by atoms with E-state index in [0.717, 1.165) is 35.0 Å². The molecule has 0 saturated carbocycles. The summed E-state index contributed by atoms with van der Waals surface area (Å²) in [5.74, 6) is 1.61. The van der Waals surface area contributed by atoms with E-state index >= 15 is 0 Å². The van der Waals surface area contributed by atoms with Crippen molar-refractivity contribution in [3.05, 3.63) is 42.6 Å². The van der Waals surface area contributed by atoms with Gasteiger partial charge in [0.05, 0.1) is 17.6 Å². The van der Waals surface area contributed by atoms with Gasteiger partial charge in [0.2, 0.25) is 5.91 Å². The maximum Gasteiger partial charge on any atom is 0.229 e. The standard InChI is InChI=1S/C20H26N6OS2/c1-24(2)16-5-3-15(4-6-16)17-13-26-18(22-17)7-8-19(23-26)25(11-12-28)10-9-21-20(27)14-29/h3-8,13,28-29H,9-12,14H2,1-2H3,(H,21,27). The average Bonchev–Trinajstić information content (AvgIpc) is 3.16. The normalized spacial score (nSPS) is 10.9. The van der Waals surface area contributed by atoms with Crippen molar-refractivity contribution >= 4 is 48.3 Å². The summed E-state index contributed by atoms with van der Waals surface area (Å²) < 4.78 is 1.79. The summed E-state index contributed by atoms with van der Waals surface area (Å²) in [7, 11) is 4.04. The molecule has 29 heavy (non-hydrogen) atoms. The van der Waals surface area contributed by atoms with Crippen LogP contribution in [0.25, 0.3) is 16.9 Å². The Balaban J connectivity index is 1.80. The molecule has 7 nitrogen and oxygen atoms in total. The van der Waals surface area contributed by atoms with Crippen LogP contribution in [-0.4, -0.2) is 65.7 Å². The first-order valence-corrected chi connectivity index (χ1v) is 10.7. The van der Waals surface area contributed by atoms with Gasteiger partial charge in [-0.15, -0.1) is 5.10 Å². The van der Waals surface area contributed by atoms with Gasteiger partial charge in [0.1, 0.15) is 5.82 Å². The fourth-order valence-corrected chi connectivity index (χ4v) is 3.31. The number of imidazole rings is 1. The zero-order valence-corrected chi connectivity index (χ0v) is 18.4. The molecule has 9 heteroatoms. The van der Waals surface area contributed by atoms with Crippen LogP contribution in [0.2, 0.25) is 0 Å². The third kappa shape index (κ3) is 5.36. The van der Waals surface area contributed by atoms with E-state index in [1.54, 1.807) is 4.52 Å². The number of hydrogen-bond acceptors (Lipinski definition) is 7. The molecule has 0 radical (unpaired) electrons. The molecular weight excluding hydrogens is 404 g/mol. The van der Waals surface area contributed by atoms with Crippen molar-refractivity contribution in [1.29, 1.82) is 0 Å². The van der Waals surface area contributed by atoms with Crippen molar-refractivity contribution in [3.8, 4) is 11.3 Å². The molecule has 3 aromatic rings. The van der Waals surface area contributed by atoms with Crippen LogP contribution in [0.5, 0.6) is 0 Å². The van der Waals surface area contributed by atoms with Gasteiger partial charge in [-0.05, 0) is 24.3 Å². The molecule has 0 spiro atoms. The smallest absolute Gasteiger partial charge is 0.229 e. The van der Waals surface area contributed by atoms with Gasteiger partial charge >= 0.3 is 0 Å². The van der Waals surface area contributed by atoms with E-state index in [9.17, 15) is 4.79 Å². The highest BCUT2D eigenvalue weighted by atomic mass is 32.1. The summed E-state index contributed by atoms with van der Waals surface area (Å²) >= 11 is 8.32. The highest BCUT2D eigenvalue weighted by Gasteiger charge is 2.11. The van der Waals surface area contributed by atoms with E-state index in [1.165, 1.54) is 0 Å². The molecule has 0 aliphatic heterocycles. The number of fused-ring (bicyclic) bond motifs is 1. The number of anilines is 2. The second kappa shape index (κ2) is 9.89. The van der Waals surface area contributed by atoms with Crippen molar-refractivity contribution in [1.82, 2.24) is 19.9 Å². The van der Waals surface area contributed by atoms with E-state index in [-0.39, 0.29) is 11.7 Å². The van der Waals surface area contributed by atoms with Crippen LogP contribution in [0.1, 0.15) is 0 Å². The second-order valence-corrected chi connectivity index (χ2v) is 7.54. The lowest BCUT2D eigenvalue weighted by Gasteiger charge is -2.22. The SMILES string of the molecule is CN(C)c1ccc(-c2cn3nc(N(CCS)CCNC(=O)CS)ccc3n2)cc1. The van der Waals surface area contributed by atoms with Gasteiger partial charge in [0.25, 0.3) is 0 Å². The molecule has 1 N–H and O–H groups in total. The van der Waals surface area contributed by atoms with E-state index in [1.807, 2.05) is 32.4 Å². The third-order valence-corrected chi connectivity index (χ3v) is 5.01. The van der Waals surface area contributed by atoms with Crippen LogP contribution in [0.4, 0.5) is 11.5 Å². The third-order valence-electron chi connectivity index (χ3n) is 4.53. The number of amides is 1. The number of carbonyl (C=O) groups excluding carboxylic acids is 1. The summed E-state index contributed by atoms with van der Waals surface area (Å²) in [5, 5.41) is 7.55. The number of aromatic nitrogens is 3. The van der Waals surface area contributed by atoms with Crippen LogP contribution < -0.4 is 15.1 Å². The Hall–Kier alpha value is -2.39. The minimum absolute atomic E-state index is 0.0814. The number of carbonyl (C=O) groups is 1. The minimum Gasteiger partial charge on any atom is -0.378 e. The van der Waals surface area contributed by atoms with Crippen molar-refractivity contribution in [3.63, 3.8) is 0 Å². The molecular formula is C20H26N6OS2. The lowest BCUT2D eigenvalue weighted by Crippen LogP contribution is -2.37. The molecule has 0 bridgehead atoms. The summed E-state index contributed by atoms with van der Waals surface area (Å²) in [6.07, 6.45) is 1.94. The number of thiol groups is 2. The molecule has 0 atom stereocenters. The molecule has 0 aliphatic carbocycles. The Labute approximate surface area is 181 Å². The van der Waals surface area contributed by atoms with Gasteiger partial charge in [-0.2, -0.15) is 25.3 Å². The first kappa shape index (κ1) is 21.3. The minimum atomic E-state index is -0.0814. The fraction of sp³-hybridized carbons (Fsp3) is 0.350. The highest BCUT2D eigenvalue weighted by molar-refractivity contribution is 7.81. The summed E-state index contributed by atoms with van der Waals surface area (Å²) in [6.45, 7) is 1.90. The Kier molecular flexibility index (Phi) is 7.27. The predicted molar refractivity (Wildman–Crippen MR) is 126 cm³/mol. The average molecular weight is 431 g/mol. The first-order valence-electron chi connectivity index (χ1n) is 9.39. The Morgan fingerprint density at radius 1 is 1.10 bits per heavy atom.